The van der Waals surface area contributed by atoms with Gasteiger partial charge in [0.1, 0.15) is 0 Å². The molecule has 4 nitrogen and oxygen atoms in total. The topological polar surface area (TPSA) is 31.4 Å². The fourth-order valence-electron chi connectivity index (χ4n) is 8.13. The fraction of sp³-hybridized carbons (Fsp3) is 0.621. The first-order valence-electron chi connectivity index (χ1n) is 13.5. The average Bonchev–Trinajstić information content (AvgIpc) is 3.12. The van der Waals surface area contributed by atoms with E-state index in [9.17, 15) is 4.39 Å². The van der Waals surface area contributed by atoms with Gasteiger partial charge in [0.15, 0.2) is 0 Å². The SMILES string of the molecule is C[C@@H]1CC2c3ccccc3CC2C(c2ccc(N3CC(NCCCF)C3)cn2)N1C12CC(C1)C2. The Bertz CT molecular complexity index is 1030. The lowest BCUT2D eigenvalue weighted by molar-refractivity contribution is -0.198. The maximum Gasteiger partial charge on any atom is 0.0906 e. The van der Waals surface area contributed by atoms with Crippen molar-refractivity contribution in [2.75, 3.05) is 31.2 Å². The van der Waals surface area contributed by atoms with Gasteiger partial charge in [0.05, 0.1) is 30.3 Å². The second-order valence-electron chi connectivity index (χ2n) is 11.9. The van der Waals surface area contributed by atoms with Gasteiger partial charge in [-0.15, -0.1) is 0 Å². The molecule has 5 fully saturated rings. The second kappa shape index (κ2) is 8.03. The smallest absolute Gasteiger partial charge is 0.0906 e. The Labute approximate surface area is 202 Å². The van der Waals surface area contributed by atoms with Gasteiger partial charge in [-0.3, -0.25) is 14.3 Å². The van der Waals surface area contributed by atoms with E-state index < -0.39 is 0 Å². The lowest BCUT2D eigenvalue weighted by Crippen LogP contribution is -2.72. The predicted molar refractivity (Wildman–Crippen MR) is 134 cm³/mol. The van der Waals surface area contributed by atoms with Crippen LogP contribution in [0.15, 0.2) is 42.6 Å². The Morgan fingerprint density at radius 1 is 1.12 bits per heavy atom. The summed E-state index contributed by atoms with van der Waals surface area (Å²) in [5.74, 6) is 2.28. The van der Waals surface area contributed by atoms with Crippen molar-refractivity contribution >= 4 is 5.69 Å². The zero-order valence-corrected chi connectivity index (χ0v) is 20.3. The number of benzene rings is 1. The highest BCUT2D eigenvalue weighted by molar-refractivity contribution is 5.49. The van der Waals surface area contributed by atoms with E-state index in [-0.39, 0.29) is 6.67 Å². The van der Waals surface area contributed by atoms with Crippen LogP contribution in [-0.2, 0) is 6.42 Å². The third kappa shape index (κ3) is 3.19. The molecule has 5 heteroatoms. The van der Waals surface area contributed by atoms with E-state index in [1.807, 2.05) is 0 Å². The van der Waals surface area contributed by atoms with Gasteiger partial charge in [-0.05, 0) is 93.0 Å². The number of rotatable bonds is 7. The molecule has 8 rings (SSSR count). The molecule has 6 aliphatic rings. The van der Waals surface area contributed by atoms with Gasteiger partial charge in [-0.1, -0.05) is 24.3 Å². The lowest BCUT2D eigenvalue weighted by atomic mass is 9.47. The highest BCUT2D eigenvalue weighted by Gasteiger charge is 2.64. The Hall–Kier alpha value is -1.98. The Morgan fingerprint density at radius 3 is 2.65 bits per heavy atom. The Kier molecular flexibility index (Phi) is 5.03. The van der Waals surface area contributed by atoms with Crippen LogP contribution in [0.1, 0.15) is 67.8 Å². The number of nitrogens with zero attached hydrogens (tertiary/aromatic N) is 3. The number of pyridine rings is 1. The predicted octanol–water partition coefficient (Wildman–Crippen LogP) is 4.86. The summed E-state index contributed by atoms with van der Waals surface area (Å²) in [5.41, 5.74) is 6.12. The zero-order valence-electron chi connectivity index (χ0n) is 20.3. The number of piperidine rings is 1. The first-order chi connectivity index (χ1) is 16.6. The molecule has 0 amide bonds. The first-order valence-corrected chi connectivity index (χ1v) is 13.5. The molecule has 34 heavy (non-hydrogen) atoms. The van der Waals surface area contributed by atoms with Gasteiger partial charge < -0.3 is 10.2 Å². The molecule has 3 saturated carbocycles. The Morgan fingerprint density at radius 2 is 1.94 bits per heavy atom. The molecule has 2 bridgehead atoms. The van der Waals surface area contributed by atoms with Crippen molar-refractivity contribution < 1.29 is 4.39 Å². The van der Waals surface area contributed by atoms with Crippen LogP contribution >= 0.6 is 0 Å². The summed E-state index contributed by atoms with van der Waals surface area (Å²) in [7, 11) is 0. The number of fused-ring (bicyclic) bond motifs is 3. The molecule has 2 saturated heterocycles. The molecule has 180 valence electrons. The van der Waals surface area contributed by atoms with Crippen LogP contribution in [0.25, 0.3) is 0 Å². The molecule has 0 spiro atoms. The fourth-order valence-corrected chi connectivity index (χ4v) is 8.13. The largest absolute Gasteiger partial charge is 0.367 e. The third-order valence-corrected chi connectivity index (χ3v) is 9.82. The standard InChI is InChI=1S/C29H37FN4/c1-19-11-25-24-6-3-2-5-21(24)12-26(25)28(34(19)29-13-20(14-29)15-29)27-8-7-23(16-32-27)33-17-22(18-33)31-10-4-9-30/h2-3,5-8,16,19-20,22,25-26,28,31H,4,9-15,17-18H2,1H3/t19-,20?,25?,26?,28?,29?/m1/s1. The number of nitrogens with one attached hydrogen (secondary N) is 1. The van der Waals surface area contributed by atoms with Crippen molar-refractivity contribution in [1.82, 2.24) is 15.2 Å². The normalized spacial score (nSPS) is 36.3. The number of anilines is 1. The van der Waals surface area contributed by atoms with Crippen molar-refractivity contribution in [3.63, 3.8) is 0 Å². The number of likely N-dealkylation sites (tertiary alicyclic amines) is 1. The van der Waals surface area contributed by atoms with Crippen LogP contribution in [0, 0.1) is 11.8 Å². The molecule has 3 unspecified atom stereocenters. The quantitative estimate of drug-likeness (QED) is 0.598. The molecule has 1 N–H and O–H groups in total. The van der Waals surface area contributed by atoms with Crippen molar-refractivity contribution in [2.45, 2.75) is 75.0 Å². The summed E-state index contributed by atoms with van der Waals surface area (Å²) in [6.07, 6.45) is 9.41. The second-order valence-corrected chi connectivity index (χ2v) is 11.9. The summed E-state index contributed by atoms with van der Waals surface area (Å²) >= 11 is 0. The van der Waals surface area contributed by atoms with Crippen LogP contribution in [0.5, 0.6) is 0 Å². The van der Waals surface area contributed by atoms with Crippen LogP contribution in [0.2, 0.25) is 0 Å². The number of hydrogen-bond donors (Lipinski definition) is 1. The van der Waals surface area contributed by atoms with Gasteiger partial charge in [0.2, 0.25) is 0 Å². The number of aromatic nitrogens is 1. The van der Waals surface area contributed by atoms with E-state index in [1.165, 1.54) is 43.5 Å². The molecule has 1 aromatic carbocycles. The van der Waals surface area contributed by atoms with Gasteiger partial charge in [0.25, 0.3) is 0 Å². The summed E-state index contributed by atoms with van der Waals surface area (Å²) in [4.78, 5) is 10.5. The van der Waals surface area contributed by atoms with E-state index in [0.29, 0.717) is 41.9 Å². The van der Waals surface area contributed by atoms with Crippen LogP contribution in [0.4, 0.5) is 10.1 Å². The number of alkyl halides is 1. The van der Waals surface area contributed by atoms with Gasteiger partial charge in [-0.25, -0.2) is 0 Å². The molecule has 4 aliphatic carbocycles. The molecular weight excluding hydrogens is 423 g/mol. The number of hydrogen-bond acceptors (Lipinski definition) is 4. The van der Waals surface area contributed by atoms with E-state index in [1.54, 1.807) is 11.1 Å². The maximum absolute atomic E-state index is 12.3. The minimum Gasteiger partial charge on any atom is -0.367 e. The molecule has 1 aromatic heterocycles. The molecule has 3 heterocycles. The third-order valence-electron chi connectivity index (χ3n) is 9.82. The van der Waals surface area contributed by atoms with E-state index >= 15 is 0 Å². The average molecular weight is 461 g/mol. The van der Waals surface area contributed by atoms with Gasteiger partial charge in [-0.2, -0.15) is 0 Å². The molecule has 2 aromatic rings. The van der Waals surface area contributed by atoms with Crippen molar-refractivity contribution in [3.05, 3.63) is 59.4 Å². The highest BCUT2D eigenvalue weighted by atomic mass is 19.1. The summed E-state index contributed by atoms with van der Waals surface area (Å²) < 4.78 is 12.3. The van der Waals surface area contributed by atoms with Crippen LogP contribution < -0.4 is 10.2 Å². The van der Waals surface area contributed by atoms with Crippen molar-refractivity contribution in [1.29, 1.82) is 0 Å². The minimum absolute atomic E-state index is 0.236. The minimum atomic E-state index is -0.236. The first kappa shape index (κ1) is 21.3. The van der Waals surface area contributed by atoms with Crippen LogP contribution in [0.3, 0.4) is 0 Å². The Balaban J connectivity index is 1.14. The summed E-state index contributed by atoms with van der Waals surface area (Å²) in [5, 5.41) is 3.45. The van der Waals surface area contributed by atoms with Crippen molar-refractivity contribution in [3.8, 4) is 0 Å². The lowest BCUT2D eigenvalue weighted by Gasteiger charge is -2.71. The zero-order chi connectivity index (χ0) is 22.9. The van der Waals surface area contributed by atoms with Gasteiger partial charge in [0, 0.05) is 30.7 Å². The van der Waals surface area contributed by atoms with Crippen LogP contribution in [-0.4, -0.2) is 53.8 Å². The summed E-state index contributed by atoms with van der Waals surface area (Å²) in [6, 6.07) is 15.3. The van der Waals surface area contributed by atoms with Gasteiger partial charge >= 0.3 is 0 Å². The van der Waals surface area contributed by atoms with Crippen molar-refractivity contribution in [2.24, 2.45) is 11.8 Å². The van der Waals surface area contributed by atoms with E-state index in [2.05, 4.69) is 64.6 Å². The monoisotopic (exact) mass is 460 g/mol. The summed E-state index contributed by atoms with van der Waals surface area (Å²) in [6.45, 7) is 5.00. The molecule has 4 atom stereocenters. The van der Waals surface area contributed by atoms with E-state index in [0.717, 1.165) is 25.6 Å². The van der Waals surface area contributed by atoms with E-state index in [4.69, 9.17) is 4.98 Å². The highest BCUT2D eigenvalue weighted by Crippen LogP contribution is 2.66. The molecule has 2 aliphatic heterocycles. The molecular formula is C29H37FN4. The maximum atomic E-state index is 12.3. The number of halogens is 1. The molecule has 0 radical (unpaired) electrons.